The van der Waals surface area contributed by atoms with Gasteiger partial charge in [0.15, 0.2) is 5.84 Å². The smallest absolute Gasteiger partial charge is 0.160 e. The van der Waals surface area contributed by atoms with Crippen molar-refractivity contribution in [2.45, 2.75) is 13.3 Å². The van der Waals surface area contributed by atoms with Gasteiger partial charge >= 0.3 is 0 Å². The number of allylic oxidation sites excluding steroid dienone is 1. The molecule has 10 aromatic carbocycles. The number of fused-ring (bicyclic) bond motifs is 8. The molecule has 0 aliphatic carbocycles. The molecule has 0 fully saturated rings. The average molecular weight is 858 g/mol. The van der Waals surface area contributed by atoms with Crippen molar-refractivity contribution in [1.29, 1.82) is 0 Å². The summed E-state index contributed by atoms with van der Waals surface area (Å²) in [4.78, 5) is 11.3. The van der Waals surface area contributed by atoms with E-state index < -0.39 is 0 Å². The van der Waals surface area contributed by atoms with Gasteiger partial charge in [-0.1, -0.05) is 183 Å². The van der Waals surface area contributed by atoms with Gasteiger partial charge in [-0.3, -0.25) is 0 Å². The highest BCUT2D eigenvalue weighted by atomic mass is 16.3. The molecule has 12 aromatic rings. The van der Waals surface area contributed by atoms with E-state index in [4.69, 9.17) is 14.4 Å². The van der Waals surface area contributed by atoms with Crippen LogP contribution in [0.3, 0.4) is 0 Å². The summed E-state index contributed by atoms with van der Waals surface area (Å²) in [6.45, 7) is 2.30. The molecule has 3 heterocycles. The zero-order valence-electron chi connectivity index (χ0n) is 36.9. The summed E-state index contributed by atoms with van der Waals surface area (Å²) in [5, 5.41) is 9.28. The minimum Gasteiger partial charge on any atom is -0.456 e. The van der Waals surface area contributed by atoms with Gasteiger partial charge in [0.05, 0.1) is 28.1 Å². The second-order valence-corrected chi connectivity index (χ2v) is 17.8. The average Bonchev–Trinajstić information content (AvgIpc) is 3.91. The first kappa shape index (κ1) is 38.8. The molecule has 316 valence electrons. The fourth-order valence-corrected chi connectivity index (χ4v) is 10.2. The van der Waals surface area contributed by atoms with Crippen LogP contribution < -0.4 is 0 Å². The number of aliphatic imine (C=N–C) groups is 2. The Morgan fingerprint density at radius 3 is 1.76 bits per heavy atom. The molecule has 13 rings (SSSR count). The number of benzene rings is 10. The summed E-state index contributed by atoms with van der Waals surface area (Å²) >= 11 is 0. The largest absolute Gasteiger partial charge is 0.456 e. The molecule has 4 nitrogen and oxygen atoms in total. The molecule has 0 bridgehead atoms. The van der Waals surface area contributed by atoms with Crippen LogP contribution in [0.2, 0.25) is 0 Å². The maximum atomic E-state index is 7.00. The number of hydrogen-bond acceptors (Lipinski definition) is 3. The van der Waals surface area contributed by atoms with Crippen molar-refractivity contribution < 1.29 is 4.42 Å². The molecule has 0 N–H and O–H groups in total. The van der Waals surface area contributed by atoms with E-state index in [1.54, 1.807) is 0 Å². The van der Waals surface area contributed by atoms with Crippen LogP contribution in [-0.4, -0.2) is 16.1 Å². The van der Waals surface area contributed by atoms with Gasteiger partial charge in [-0.15, -0.1) is 0 Å². The Morgan fingerprint density at radius 2 is 1.01 bits per heavy atom. The van der Waals surface area contributed by atoms with E-state index in [0.29, 0.717) is 5.84 Å². The number of nitrogens with zero attached hydrogens (tertiary/aromatic N) is 3. The zero-order chi connectivity index (χ0) is 44.4. The lowest BCUT2D eigenvalue weighted by molar-refractivity contribution is 0.669. The topological polar surface area (TPSA) is 42.8 Å². The van der Waals surface area contributed by atoms with E-state index in [0.717, 1.165) is 89.7 Å². The van der Waals surface area contributed by atoms with Gasteiger partial charge in [-0.2, -0.15) is 0 Å². The molecule has 0 spiro atoms. The molecule has 4 heteroatoms. The minimum absolute atomic E-state index is 0.00680. The summed E-state index contributed by atoms with van der Waals surface area (Å²) in [7, 11) is 0. The molecule has 0 amide bonds. The van der Waals surface area contributed by atoms with Crippen LogP contribution in [0.4, 0.5) is 0 Å². The summed E-state index contributed by atoms with van der Waals surface area (Å²) < 4.78 is 9.41. The van der Waals surface area contributed by atoms with Crippen LogP contribution in [0.25, 0.3) is 98.9 Å². The van der Waals surface area contributed by atoms with E-state index in [1.165, 1.54) is 38.1 Å². The highest BCUT2D eigenvalue weighted by molar-refractivity contribution is 6.25. The van der Waals surface area contributed by atoms with Crippen LogP contribution in [0, 0.1) is 5.92 Å². The first-order chi connectivity index (χ1) is 33.1. The maximum Gasteiger partial charge on any atom is 0.160 e. The van der Waals surface area contributed by atoms with Crippen molar-refractivity contribution >= 4 is 82.5 Å². The van der Waals surface area contributed by atoms with Crippen LogP contribution in [0.15, 0.2) is 239 Å². The van der Waals surface area contributed by atoms with Crippen molar-refractivity contribution in [2.75, 3.05) is 0 Å². The van der Waals surface area contributed by atoms with Crippen LogP contribution in [0.5, 0.6) is 0 Å². The van der Waals surface area contributed by atoms with Gasteiger partial charge in [-0.25, -0.2) is 9.98 Å². The van der Waals surface area contributed by atoms with Crippen molar-refractivity contribution in [3.63, 3.8) is 0 Å². The predicted octanol–water partition coefficient (Wildman–Crippen LogP) is 16.6. The van der Waals surface area contributed by atoms with Gasteiger partial charge in [0, 0.05) is 44.7 Å². The van der Waals surface area contributed by atoms with E-state index in [-0.39, 0.29) is 5.92 Å². The Hall–Kier alpha value is -8.60. The van der Waals surface area contributed by atoms with Crippen molar-refractivity contribution in [3.05, 3.63) is 241 Å². The summed E-state index contributed by atoms with van der Waals surface area (Å²) in [5.41, 5.74) is 14.5. The fourth-order valence-electron chi connectivity index (χ4n) is 10.2. The Labute approximate surface area is 388 Å². The Morgan fingerprint density at radius 1 is 0.433 bits per heavy atom. The maximum absolute atomic E-state index is 7.00. The summed E-state index contributed by atoms with van der Waals surface area (Å²) in [6.07, 6.45) is 3.04. The van der Waals surface area contributed by atoms with E-state index in [1.807, 2.05) is 0 Å². The van der Waals surface area contributed by atoms with E-state index in [2.05, 4.69) is 236 Å². The third kappa shape index (κ3) is 6.76. The Kier molecular flexibility index (Phi) is 9.17. The van der Waals surface area contributed by atoms with Gasteiger partial charge < -0.3 is 8.98 Å². The third-order valence-corrected chi connectivity index (χ3v) is 13.6. The van der Waals surface area contributed by atoms with Crippen LogP contribution in [0.1, 0.15) is 30.0 Å². The summed E-state index contributed by atoms with van der Waals surface area (Å²) in [6, 6.07) is 78.1. The first-order valence-electron chi connectivity index (χ1n) is 23.1. The standard InChI is InChI=1S/C63H43N3O/c1-40-27-32-56(44-30-28-43(29-31-44)41-15-4-2-5-16-41)64-63(50-24-14-23-45(33-50)42-17-6-3-7-18-42)65-62(40)55-38-51(39-60-61(55)54-35-47-20-9-11-22-49(47)37-59(54)67-60)66-57-26-13-12-25-52(57)53-34-46-19-8-10-21-48(46)36-58(53)66/h2-26,28-40H,27H2,1H3/b56-32+,64-63?,65-62?. The minimum atomic E-state index is 0.00680. The van der Waals surface area contributed by atoms with Gasteiger partial charge in [0.2, 0.25) is 0 Å². The molecule has 2 aromatic heterocycles. The lowest BCUT2D eigenvalue weighted by atomic mass is 9.90. The molecule has 1 aliphatic rings. The number of hydrogen-bond donors (Lipinski definition) is 0. The highest BCUT2D eigenvalue weighted by Gasteiger charge is 2.25. The first-order valence-corrected chi connectivity index (χ1v) is 23.1. The number of rotatable bonds is 6. The molecule has 1 unspecified atom stereocenters. The number of amidine groups is 1. The van der Waals surface area contributed by atoms with Gasteiger partial charge in [0.1, 0.15) is 11.2 Å². The normalized spacial score (nSPS) is 15.2. The second kappa shape index (κ2) is 15.8. The predicted molar refractivity (Wildman–Crippen MR) is 282 cm³/mol. The molecule has 1 aliphatic heterocycles. The van der Waals surface area contributed by atoms with Crippen molar-refractivity contribution in [2.24, 2.45) is 15.9 Å². The zero-order valence-corrected chi connectivity index (χ0v) is 36.9. The molecule has 67 heavy (non-hydrogen) atoms. The van der Waals surface area contributed by atoms with Crippen molar-refractivity contribution in [1.82, 2.24) is 4.57 Å². The molecule has 0 saturated carbocycles. The molecule has 1 atom stereocenters. The molecule has 0 radical (unpaired) electrons. The second-order valence-electron chi connectivity index (χ2n) is 17.8. The number of para-hydroxylation sites is 1. The summed E-state index contributed by atoms with van der Waals surface area (Å²) in [5.74, 6) is 0.671. The van der Waals surface area contributed by atoms with Gasteiger partial charge in [-0.05, 0) is 98.2 Å². The third-order valence-electron chi connectivity index (χ3n) is 13.6. The van der Waals surface area contributed by atoms with Crippen LogP contribution in [-0.2, 0) is 0 Å². The molecular weight excluding hydrogens is 815 g/mol. The SMILES string of the molecule is CC1C/C=C(\c2ccc(-c3ccccc3)cc2)N=C(c2cccc(-c3ccccc3)c2)N=C1c1cc(-n2c3ccccc3c3cc4ccccc4cc32)cc2oc3cc4ccccc4cc3c12. The van der Waals surface area contributed by atoms with E-state index >= 15 is 0 Å². The lowest BCUT2D eigenvalue weighted by Crippen LogP contribution is -2.18. The van der Waals surface area contributed by atoms with Crippen LogP contribution >= 0.6 is 0 Å². The quantitative estimate of drug-likeness (QED) is 0.164. The van der Waals surface area contributed by atoms with E-state index in [9.17, 15) is 0 Å². The monoisotopic (exact) mass is 857 g/mol. The Bertz CT molecular complexity index is 4000. The van der Waals surface area contributed by atoms with Crippen molar-refractivity contribution in [3.8, 4) is 27.9 Å². The highest BCUT2D eigenvalue weighted by Crippen LogP contribution is 2.41. The molecule has 0 saturated heterocycles. The number of aromatic nitrogens is 1. The molecular formula is C63H43N3O. The van der Waals surface area contributed by atoms with Gasteiger partial charge in [0.25, 0.3) is 0 Å². The number of furan rings is 1. The lowest BCUT2D eigenvalue weighted by Gasteiger charge is -2.20. The fraction of sp³-hybridized carbons (Fsp3) is 0.0476. The Balaban J connectivity index is 1.07.